The van der Waals surface area contributed by atoms with Crippen LogP contribution in [0.15, 0.2) is 11.4 Å². The third-order valence-corrected chi connectivity index (χ3v) is 9.13. The van der Waals surface area contributed by atoms with Gasteiger partial charge in [0.25, 0.3) is 0 Å². The summed E-state index contributed by atoms with van der Waals surface area (Å²) in [5.41, 5.74) is 1.48. The topological polar surface area (TPSA) is 18.5 Å². The molecule has 230 valence electrons. The van der Waals surface area contributed by atoms with Crippen LogP contribution in [-0.4, -0.2) is 26.4 Å². The highest BCUT2D eigenvalue weighted by Crippen LogP contribution is 2.19. The van der Waals surface area contributed by atoms with E-state index in [2.05, 4.69) is 25.3 Å². The fraction of sp³-hybridized carbons (Fsp3) is 0.889. The second-order valence-corrected chi connectivity index (χ2v) is 12.9. The van der Waals surface area contributed by atoms with E-state index in [4.69, 9.17) is 9.47 Å². The summed E-state index contributed by atoms with van der Waals surface area (Å²) in [5.74, 6) is 0. The minimum atomic E-state index is 0.863. The highest BCUT2D eigenvalue weighted by molar-refractivity contribution is 7.10. The first-order valence-electron chi connectivity index (χ1n) is 17.6. The smallest absolute Gasteiger partial charge is 0.0514 e. The first-order valence-corrected chi connectivity index (χ1v) is 18.5. The van der Waals surface area contributed by atoms with E-state index in [-0.39, 0.29) is 0 Å². The molecule has 2 nitrogen and oxygen atoms in total. The van der Waals surface area contributed by atoms with Gasteiger partial charge in [-0.1, -0.05) is 155 Å². The molecule has 0 N–H and O–H groups in total. The van der Waals surface area contributed by atoms with E-state index < -0.39 is 0 Å². The minimum Gasteiger partial charge on any atom is -0.381 e. The molecule has 0 fully saturated rings. The van der Waals surface area contributed by atoms with Gasteiger partial charge in [-0.2, -0.15) is 0 Å². The Labute approximate surface area is 249 Å². The zero-order chi connectivity index (χ0) is 27.9. The van der Waals surface area contributed by atoms with Gasteiger partial charge < -0.3 is 9.47 Å². The van der Waals surface area contributed by atoms with Crippen LogP contribution in [0.25, 0.3) is 0 Å². The van der Waals surface area contributed by atoms with Crippen molar-refractivity contribution in [2.75, 3.05) is 26.4 Å². The molecule has 0 unspecified atom stereocenters. The molecule has 1 aromatic rings. The molecule has 0 aliphatic heterocycles. The summed E-state index contributed by atoms with van der Waals surface area (Å²) >= 11 is 1.89. The first kappa shape index (κ1) is 36.6. The lowest BCUT2D eigenvalue weighted by atomic mass is 10.1. The molecule has 0 radical (unpaired) electrons. The molecule has 0 aromatic carbocycles. The molecule has 0 atom stereocenters. The van der Waals surface area contributed by atoms with Crippen molar-refractivity contribution < 1.29 is 9.47 Å². The Balaban J connectivity index is 1.83. The quantitative estimate of drug-likeness (QED) is 0.0810. The van der Waals surface area contributed by atoms with Gasteiger partial charge in [0.15, 0.2) is 0 Å². The third kappa shape index (κ3) is 25.1. The van der Waals surface area contributed by atoms with E-state index >= 15 is 0 Å². The van der Waals surface area contributed by atoms with Gasteiger partial charge in [-0.3, -0.25) is 0 Å². The van der Waals surface area contributed by atoms with Crippen LogP contribution in [0, 0.1) is 0 Å². The Hall–Kier alpha value is -0.380. The van der Waals surface area contributed by atoms with Crippen molar-refractivity contribution in [3.8, 4) is 0 Å². The highest BCUT2D eigenvalue weighted by Gasteiger charge is 2.05. The van der Waals surface area contributed by atoms with E-state index in [1.54, 1.807) is 0 Å². The molecule has 1 heterocycles. The van der Waals surface area contributed by atoms with Crippen molar-refractivity contribution in [3.63, 3.8) is 0 Å². The maximum Gasteiger partial charge on any atom is 0.0514 e. The molecule has 0 spiro atoms. The fourth-order valence-corrected chi connectivity index (χ4v) is 6.37. The number of hydrogen-bond acceptors (Lipinski definition) is 3. The standard InChI is InChI=1S/C36H68O2S/c1-3-5-7-9-11-13-15-17-19-21-23-25-30-37-32-27-35-29-34-39-36(35)28-33-38-31-26-24-22-20-18-16-14-12-10-8-6-4-2/h29,34H,3-28,30-33H2,1-2H3. The average molecular weight is 565 g/mol. The monoisotopic (exact) mass is 564 g/mol. The second-order valence-electron chi connectivity index (χ2n) is 11.9. The largest absolute Gasteiger partial charge is 0.381 e. The van der Waals surface area contributed by atoms with Gasteiger partial charge in [0.05, 0.1) is 13.2 Å². The van der Waals surface area contributed by atoms with Crippen LogP contribution in [0.4, 0.5) is 0 Å². The minimum absolute atomic E-state index is 0.863. The van der Waals surface area contributed by atoms with Crippen LogP contribution in [0.5, 0.6) is 0 Å². The maximum atomic E-state index is 5.96. The van der Waals surface area contributed by atoms with Crippen LogP contribution in [0.2, 0.25) is 0 Å². The van der Waals surface area contributed by atoms with Gasteiger partial charge >= 0.3 is 0 Å². The fourth-order valence-electron chi connectivity index (χ4n) is 5.45. The summed E-state index contributed by atoms with van der Waals surface area (Å²) in [5, 5.41) is 2.24. The van der Waals surface area contributed by atoms with Crippen molar-refractivity contribution in [2.24, 2.45) is 0 Å². The van der Waals surface area contributed by atoms with Crippen molar-refractivity contribution in [1.82, 2.24) is 0 Å². The highest BCUT2D eigenvalue weighted by atomic mass is 32.1. The molecule has 0 bridgehead atoms. The molecule has 0 saturated carbocycles. The maximum absolute atomic E-state index is 5.96. The van der Waals surface area contributed by atoms with E-state index in [0.29, 0.717) is 0 Å². The number of thiophene rings is 1. The van der Waals surface area contributed by atoms with E-state index in [1.165, 1.54) is 165 Å². The van der Waals surface area contributed by atoms with Crippen LogP contribution >= 0.6 is 11.3 Å². The third-order valence-electron chi connectivity index (χ3n) is 8.11. The molecular formula is C36H68O2S. The van der Waals surface area contributed by atoms with Gasteiger partial charge in [-0.15, -0.1) is 11.3 Å². The summed E-state index contributed by atoms with van der Waals surface area (Å²) in [6.45, 7) is 8.18. The predicted octanol–water partition coefficient (Wildman–Crippen LogP) is 12.3. The van der Waals surface area contributed by atoms with Gasteiger partial charge in [-0.25, -0.2) is 0 Å². The molecule has 0 saturated heterocycles. The lowest BCUT2D eigenvalue weighted by Crippen LogP contribution is -2.04. The first-order chi connectivity index (χ1) is 19.4. The Kier molecular flexibility index (Phi) is 28.7. The Morgan fingerprint density at radius 2 is 0.795 bits per heavy atom. The summed E-state index contributed by atoms with van der Waals surface area (Å²) < 4.78 is 11.9. The molecule has 1 rings (SSSR count). The van der Waals surface area contributed by atoms with E-state index in [1.807, 2.05) is 11.3 Å². The zero-order valence-electron chi connectivity index (χ0n) is 26.6. The molecular weight excluding hydrogens is 496 g/mol. The Morgan fingerprint density at radius 3 is 1.21 bits per heavy atom. The summed E-state index contributed by atoms with van der Waals surface area (Å²) in [7, 11) is 0. The van der Waals surface area contributed by atoms with Gasteiger partial charge in [-0.05, 0) is 36.3 Å². The summed E-state index contributed by atoms with van der Waals surface area (Å²) in [4.78, 5) is 1.50. The Morgan fingerprint density at radius 1 is 0.436 bits per heavy atom. The SMILES string of the molecule is CCCCCCCCCCCCCCOCCc1ccsc1CCOCCCCCCCCCCCCCC. The number of ether oxygens (including phenoxy) is 2. The van der Waals surface area contributed by atoms with Crippen LogP contribution in [0.1, 0.15) is 178 Å². The van der Waals surface area contributed by atoms with Crippen molar-refractivity contribution >= 4 is 11.3 Å². The molecule has 1 aromatic heterocycles. The molecule has 39 heavy (non-hydrogen) atoms. The second kappa shape index (κ2) is 30.6. The molecule has 0 aliphatic carbocycles. The normalized spacial score (nSPS) is 11.5. The summed E-state index contributed by atoms with van der Waals surface area (Å²) in [6, 6.07) is 2.29. The zero-order valence-corrected chi connectivity index (χ0v) is 27.4. The van der Waals surface area contributed by atoms with Crippen LogP contribution < -0.4 is 0 Å². The molecule has 0 aliphatic rings. The Bertz CT molecular complexity index is 536. The van der Waals surface area contributed by atoms with E-state index in [9.17, 15) is 0 Å². The van der Waals surface area contributed by atoms with Crippen LogP contribution in [0.3, 0.4) is 0 Å². The molecule has 3 heteroatoms. The van der Waals surface area contributed by atoms with E-state index in [0.717, 1.165) is 39.3 Å². The van der Waals surface area contributed by atoms with Crippen molar-refractivity contribution in [1.29, 1.82) is 0 Å². The number of rotatable bonds is 32. The number of hydrogen-bond donors (Lipinski definition) is 0. The van der Waals surface area contributed by atoms with Gasteiger partial charge in [0.2, 0.25) is 0 Å². The summed E-state index contributed by atoms with van der Waals surface area (Å²) in [6.07, 6.45) is 35.7. The average Bonchev–Trinajstić information content (AvgIpc) is 3.40. The van der Waals surface area contributed by atoms with Crippen molar-refractivity contribution in [2.45, 2.75) is 181 Å². The lowest BCUT2D eigenvalue weighted by molar-refractivity contribution is 0.130. The molecule has 0 amide bonds. The number of unbranched alkanes of at least 4 members (excludes halogenated alkanes) is 22. The van der Waals surface area contributed by atoms with Gasteiger partial charge in [0.1, 0.15) is 0 Å². The van der Waals surface area contributed by atoms with Crippen LogP contribution in [-0.2, 0) is 22.3 Å². The van der Waals surface area contributed by atoms with Gasteiger partial charge in [0, 0.05) is 24.5 Å². The van der Waals surface area contributed by atoms with Crippen molar-refractivity contribution in [3.05, 3.63) is 21.9 Å². The predicted molar refractivity (Wildman–Crippen MR) is 176 cm³/mol. The lowest BCUT2D eigenvalue weighted by Gasteiger charge is -2.07.